The molecule has 9 N–H and O–H groups in total. The maximum Gasteiger partial charge on any atom is 0.255 e. The first-order chi connectivity index (χ1) is 22.1. The van der Waals surface area contributed by atoms with Crippen molar-refractivity contribution in [1.82, 2.24) is 10.2 Å². The quantitative estimate of drug-likeness (QED) is 0.0973. The minimum absolute atomic E-state index is 0.0666. The number of anilines is 1. The zero-order valence-corrected chi connectivity index (χ0v) is 26.9. The van der Waals surface area contributed by atoms with Crippen molar-refractivity contribution in [2.45, 2.75) is 37.5 Å². The molecule has 1 saturated carbocycles. The summed E-state index contributed by atoms with van der Waals surface area (Å²) in [6.07, 6.45) is 1.64. The number of thiocarbonyl (C=S) groups is 1. The molecule has 0 saturated heterocycles. The minimum atomic E-state index is -3.00. The molecular formula is C34H36N4O8S. The van der Waals surface area contributed by atoms with Crippen LogP contribution >= 0.6 is 12.2 Å². The number of fused-ring (bicyclic) bond motifs is 3. The summed E-state index contributed by atoms with van der Waals surface area (Å²) in [5, 5.41) is 63.8. The van der Waals surface area contributed by atoms with Gasteiger partial charge in [-0.2, -0.15) is 0 Å². The fraction of sp³-hybridized carbons (Fsp3) is 0.294. The molecular weight excluding hydrogens is 624 g/mol. The largest absolute Gasteiger partial charge is 0.508 e. The Balaban J connectivity index is 1.59. The minimum Gasteiger partial charge on any atom is -0.508 e. The van der Waals surface area contributed by atoms with Gasteiger partial charge in [0, 0.05) is 22.8 Å². The first kappa shape index (κ1) is 33.5. The standard InChI is InChI=1S/C34H36N4O8S/c1-6-9-18(16-11-8-7-10-14(16)2)36-33(47)37-19-13-12-17-15(3)20-22(27(40)21(17)26(19)39)30(43)34(46)24(28(20)41)25(38(4)5)29(42)23(31(34)44)32(35)45/h6-13,15,20,24-25,28,39-41,44,46H,1H2,2-5H3,(H2,35,45)(H2,36,37,47)/b18-9+/t15-,20+,24+,25-,28-,34-/m0/s1. The molecule has 0 spiro atoms. The number of allylic oxidation sites excluding steroid dienone is 2. The summed E-state index contributed by atoms with van der Waals surface area (Å²) in [5.41, 5.74) is 3.65. The van der Waals surface area contributed by atoms with E-state index in [4.69, 9.17) is 18.0 Å². The molecule has 0 bridgehead atoms. The lowest BCUT2D eigenvalue weighted by molar-refractivity contribution is -0.169. The average Bonchev–Trinajstić information content (AvgIpc) is 3.00. The molecule has 1 fully saturated rings. The van der Waals surface area contributed by atoms with Crippen molar-refractivity contribution in [3.8, 4) is 5.75 Å². The SMILES string of the molecule is C=C/C=C(/NC(=S)Nc1ccc2c(c1O)C(O)=C1C(=O)[C@]3(O)C(O)=C(C(N)=O)C(=O)[C@@H](N(C)C)[C@@H]3[C@@H](O)[C@@H]1[C@H]2C)c1ccccc1C. The molecule has 0 radical (unpaired) electrons. The van der Waals surface area contributed by atoms with E-state index in [1.54, 1.807) is 25.1 Å². The van der Waals surface area contributed by atoms with E-state index in [1.807, 2.05) is 31.2 Å². The highest BCUT2D eigenvalue weighted by Gasteiger charge is 2.68. The fourth-order valence-electron chi connectivity index (χ4n) is 7.18. The maximum absolute atomic E-state index is 14.2. The number of carbonyl (C=O) groups is 3. The number of aromatic hydroxyl groups is 1. The Morgan fingerprint density at radius 2 is 1.79 bits per heavy atom. The van der Waals surface area contributed by atoms with Gasteiger partial charge in [-0.05, 0) is 62.4 Å². The molecule has 2 aromatic rings. The molecule has 1 amide bonds. The number of amides is 1. The van der Waals surface area contributed by atoms with E-state index in [-0.39, 0.29) is 16.4 Å². The lowest BCUT2D eigenvalue weighted by atomic mass is 9.54. The van der Waals surface area contributed by atoms with Crippen molar-refractivity contribution >= 4 is 51.9 Å². The molecule has 47 heavy (non-hydrogen) atoms. The van der Waals surface area contributed by atoms with Crippen molar-refractivity contribution < 1.29 is 39.9 Å². The van der Waals surface area contributed by atoms with Crippen molar-refractivity contribution in [1.29, 1.82) is 0 Å². The van der Waals surface area contributed by atoms with Gasteiger partial charge in [0.05, 0.1) is 29.3 Å². The van der Waals surface area contributed by atoms with Gasteiger partial charge in [-0.1, -0.05) is 49.9 Å². The number of rotatable bonds is 6. The number of phenols is 1. The Bertz CT molecular complexity index is 1850. The first-order valence-corrected chi connectivity index (χ1v) is 15.2. The number of carbonyl (C=O) groups excluding carboxylic acids is 3. The van der Waals surface area contributed by atoms with Crippen LogP contribution in [-0.2, 0) is 14.4 Å². The van der Waals surface area contributed by atoms with Crippen molar-refractivity contribution in [2.24, 2.45) is 17.6 Å². The van der Waals surface area contributed by atoms with E-state index in [0.717, 1.165) is 11.1 Å². The number of ketones is 2. The summed E-state index contributed by atoms with van der Waals surface area (Å²) in [6.45, 7) is 7.35. The van der Waals surface area contributed by atoms with Crippen LogP contribution in [0.1, 0.15) is 35.1 Å². The van der Waals surface area contributed by atoms with Gasteiger partial charge in [-0.15, -0.1) is 0 Å². The molecule has 5 rings (SSSR count). The second-order valence-corrected chi connectivity index (χ2v) is 12.6. The molecule has 3 aliphatic carbocycles. The molecule has 13 heteroatoms. The Morgan fingerprint density at radius 3 is 2.38 bits per heavy atom. The van der Waals surface area contributed by atoms with Gasteiger partial charge < -0.3 is 41.9 Å². The van der Waals surface area contributed by atoms with Crippen LogP contribution in [0.5, 0.6) is 5.75 Å². The first-order valence-electron chi connectivity index (χ1n) is 14.7. The number of primary amides is 1. The van der Waals surface area contributed by atoms with Crippen LogP contribution in [0.2, 0.25) is 0 Å². The zero-order valence-electron chi connectivity index (χ0n) is 26.1. The number of phenolic OH excluding ortho intramolecular Hbond substituents is 1. The predicted molar refractivity (Wildman–Crippen MR) is 179 cm³/mol. The van der Waals surface area contributed by atoms with Crippen LogP contribution in [0, 0.1) is 18.8 Å². The van der Waals surface area contributed by atoms with Crippen molar-refractivity contribution in [2.75, 3.05) is 19.4 Å². The molecule has 246 valence electrons. The number of nitrogens with zero attached hydrogens (tertiary/aromatic N) is 1. The summed E-state index contributed by atoms with van der Waals surface area (Å²) >= 11 is 5.52. The molecule has 0 heterocycles. The molecule has 6 atom stereocenters. The summed E-state index contributed by atoms with van der Waals surface area (Å²) < 4.78 is 0. The Labute approximate surface area is 276 Å². The van der Waals surface area contributed by atoms with Crippen LogP contribution in [0.3, 0.4) is 0 Å². The van der Waals surface area contributed by atoms with Crippen LogP contribution < -0.4 is 16.4 Å². The van der Waals surface area contributed by atoms with E-state index >= 15 is 0 Å². The van der Waals surface area contributed by atoms with Gasteiger partial charge >= 0.3 is 0 Å². The smallest absolute Gasteiger partial charge is 0.255 e. The van der Waals surface area contributed by atoms with Gasteiger partial charge in [0.2, 0.25) is 5.78 Å². The van der Waals surface area contributed by atoms with E-state index < -0.39 is 81.4 Å². The number of aryl methyl sites for hydroxylation is 1. The topological polar surface area (TPSA) is 206 Å². The fourth-order valence-corrected chi connectivity index (χ4v) is 7.40. The number of nitrogens with two attached hydrogens (primary N) is 1. The monoisotopic (exact) mass is 660 g/mol. The highest BCUT2D eigenvalue weighted by Crippen LogP contribution is 2.56. The van der Waals surface area contributed by atoms with E-state index in [1.165, 1.54) is 25.1 Å². The van der Waals surface area contributed by atoms with Crippen molar-refractivity contribution in [3.05, 3.63) is 94.3 Å². The number of hydrogen-bond acceptors (Lipinski definition) is 10. The van der Waals surface area contributed by atoms with Crippen molar-refractivity contribution in [3.63, 3.8) is 0 Å². The summed E-state index contributed by atoms with van der Waals surface area (Å²) in [5.74, 6) is -9.65. The zero-order chi connectivity index (χ0) is 34.7. The number of Topliss-reactive ketones (excluding diaryl/α,β-unsaturated/α-hetero) is 2. The van der Waals surface area contributed by atoms with Crippen LogP contribution in [0.25, 0.3) is 11.5 Å². The van der Waals surface area contributed by atoms with Gasteiger partial charge in [0.1, 0.15) is 22.8 Å². The Morgan fingerprint density at radius 1 is 1.13 bits per heavy atom. The second-order valence-electron chi connectivity index (χ2n) is 12.2. The second kappa shape index (κ2) is 12.1. The van der Waals surface area contributed by atoms with Crippen LogP contribution in [0.15, 0.2) is 72.0 Å². The normalized spacial score (nSPS) is 27.2. The Hall–Kier alpha value is -4.82. The highest BCUT2D eigenvalue weighted by atomic mass is 32.1. The van der Waals surface area contributed by atoms with E-state index in [0.29, 0.717) is 11.3 Å². The number of aliphatic hydroxyl groups is 4. The third-order valence-corrected chi connectivity index (χ3v) is 9.55. The molecule has 0 aromatic heterocycles. The molecule has 2 aromatic carbocycles. The number of hydrogen-bond donors (Lipinski definition) is 8. The van der Waals surface area contributed by atoms with Gasteiger partial charge in [-0.25, -0.2) is 0 Å². The average molecular weight is 661 g/mol. The van der Waals surface area contributed by atoms with Crippen LogP contribution in [0.4, 0.5) is 5.69 Å². The Kier molecular flexibility index (Phi) is 8.62. The third-order valence-electron chi connectivity index (χ3n) is 9.35. The summed E-state index contributed by atoms with van der Waals surface area (Å²) in [7, 11) is 2.90. The third kappa shape index (κ3) is 5.02. The van der Waals surface area contributed by atoms with E-state index in [2.05, 4.69) is 17.2 Å². The van der Waals surface area contributed by atoms with Gasteiger partial charge in [0.15, 0.2) is 16.5 Å². The maximum atomic E-state index is 14.2. The number of likely N-dealkylation sites (N-methyl/N-ethyl adjacent to an activating group) is 1. The summed E-state index contributed by atoms with van der Waals surface area (Å²) in [6, 6.07) is 9.29. The van der Waals surface area contributed by atoms with Gasteiger partial charge in [0.25, 0.3) is 5.91 Å². The molecule has 12 nitrogen and oxygen atoms in total. The van der Waals surface area contributed by atoms with E-state index in [9.17, 15) is 39.9 Å². The lowest BCUT2D eigenvalue weighted by Gasteiger charge is -2.53. The summed E-state index contributed by atoms with van der Waals surface area (Å²) in [4.78, 5) is 41.1. The number of aliphatic hydroxyl groups excluding tert-OH is 3. The molecule has 0 aliphatic heterocycles. The molecule has 0 unspecified atom stereocenters. The highest BCUT2D eigenvalue weighted by molar-refractivity contribution is 7.80. The number of benzene rings is 2. The predicted octanol–water partition coefficient (Wildman–Crippen LogP) is 2.32. The lowest BCUT2D eigenvalue weighted by Crippen LogP contribution is -2.70. The van der Waals surface area contributed by atoms with Gasteiger partial charge in [-0.3, -0.25) is 19.3 Å². The number of nitrogens with one attached hydrogen (secondary N) is 2. The molecule has 3 aliphatic rings. The van der Waals surface area contributed by atoms with Crippen LogP contribution in [-0.4, -0.2) is 84.9 Å².